The van der Waals surface area contributed by atoms with Gasteiger partial charge in [-0.15, -0.1) is 12.4 Å². The van der Waals surface area contributed by atoms with Crippen molar-refractivity contribution >= 4 is 24.1 Å². The second-order valence-corrected chi connectivity index (χ2v) is 5.56. The number of piperidine rings is 1. The van der Waals surface area contributed by atoms with Crippen molar-refractivity contribution in [3.05, 3.63) is 35.6 Å². The summed E-state index contributed by atoms with van der Waals surface area (Å²) in [6.45, 7) is 1.11. The fourth-order valence-electron chi connectivity index (χ4n) is 2.73. The number of hydrogen-bond donors (Lipinski definition) is 1. The van der Waals surface area contributed by atoms with Crippen LogP contribution in [0.1, 0.15) is 23.2 Å². The summed E-state index contributed by atoms with van der Waals surface area (Å²) in [5.41, 5.74) is 6.24. The van der Waals surface area contributed by atoms with Crippen LogP contribution >= 0.6 is 12.4 Å². The van der Waals surface area contributed by atoms with Crippen molar-refractivity contribution in [1.82, 2.24) is 4.90 Å². The fraction of sp³-hybridized carbons (Fsp3) is 0.500. The van der Waals surface area contributed by atoms with E-state index >= 15 is 0 Å². The summed E-state index contributed by atoms with van der Waals surface area (Å²) in [4.78, 5) is 26.3. The average Bonchev–Trinajstić information content (AvgIpc) is 2.54. The summed E-state index contributed by atoms with van der Waals surface area (Å²) in [5.74, 6) is -0.892. The topological polar surface area (TPSA) is 72.6 Å². The average molecular weight is 345 g/mol. The van der Waals surface area contributed by atoms with Gasteiger partial charge >= 0.3 is 0 Å². The molecule has 5 nitrogen and oxygen atoms in total. The van der Waals surface area contributed by atoms with Gasteiger partial charge in [0.2, 0.25) is 5.91 Å². The number of amides is 1. The van der Waals surface area contributed by atoms with Crippen molar-refractivity contribution in [2.75, 3.05) is 26.8 Å². The number of nitrogens with zero attached hydrogens (tertiary/aromatic N) is 1. The molecule has 1 amide bonds. The van der Waals surface area contributed by atoms with E-state index in [0.29, 0.717) is 18.7 Å². The lowest BCUT2D eigenvalue weighted by molar-refractivity contribution is -0.135. The standard InChI is InChI=1S/C16H21FN2O3.ClH/c1-22-10-14(18)16(21)19-8-2-3-12(9-19)15(20)11-4-6-13(17)7-5-11;/h4-7,12,14H,2-3,8-10,18H2,1H3;1H. The highest BCUT2D eigenvalue weighted by molar-refractivity contribution is 5.98. The zero-order valence-electron chi connectivity index (χ0n) is 13.0. The first kappa shape index (κ1) is 19.5. The smallest absolute Gasteiger partial charge is 0.241 e. The minimum atomic E-state index is -0.704. The van der Waals surface area contributed by atoms with E-state index in [2.05, 4.69) is 0 Å². The molecule has 2 atom stereocenters. The van der Waals surface area contributed by atoms with E-state index in [1.54, 1.807) is 4.90 Å². The van der Waals surface area contributed by atoms with Crippen molar-refractivity contribution in [3.63, 3.8) is 0 Å². The molecule has 2 unspecified atom stereocenters. The van der Waals surface area contributed by atoms with Gasteiger partial charge in [0, 0.05) is 31.7 Å². The molecule has 2 N–H and O–H groups in total. The van der Waals surface area contributed by atoms with Crippen molar-refractivity contribution in [2.45, 2.75) is 18.9 Å². The highest BCUT2D eigenvalue weighted by Crippen LogP contribution is 2.21. The van der Waals surface area contributed by atoms with E-state index in [0.717, 1.165) is 12.8 Å². The van der Waals surface area contributed by atoms with Crippen LogP contribution in [-0.4, -0.2) is 49.4 Å². The molecule has 1 aromatic carbocycles. The van der Waals surface area contributed by atoms with E-state index in [4.69, 9.17) is 10.5 Å². The normalized spacial score (nSPS) is 18.9. The Balaban J connectivity index is 0.00000264. The largest absolute Gasteiger partial charge is 0.383 e. The molecule has 2 rings (SSSR count). The van der Waals surface area contributed by atoms with Crippen molar-refractivity contribution in [1.29, 1.82) is 0 Å². The van der Waals surface area contributed by atoms with Crippen LogP contribution < -0.4 is 5.73 Å². The third kappa shape index (κ3) is 4.99. The number of ether oxygens (including phenoxy) is 1. The van der Waals surface area contributed by atoms with E-state index in [9.17, 15) is 14.0 Å². The number of methoxy groups -OCH3 is 1. The first-order valence-electron chi connectivity index (χ1n) is 7.36. The Labute approximate surface area is 141 Å². The summed E-state index contributed by atoms with van der Waals surface area (Å²) >= 11 is 0. The van der Waals surface area contributed by atoms with Gasteiger partial charge in [-0.25, -0.2) is 4.39 Å². The highest BCUT2D eigenvalue weighted by Gasteiger charge is 2.31. The zero-order valence-corrected chi connectivity index (χ0v) is 13.9. The number of carbonyl (C=O) groups is 2. The lowest BCUT2D eigenvalue weighted by Crippen LogP contribution is -2.50. The maximum Gasteiger partial charge on any atom is 0.241 e. The Kier molecular flexibility index (Phi) is 7.61. The SMILES string of the molecule is COCC(N)C(=O)N1CCCC(C(=O)c2ccc(F)cc2)C1.Cl. The molecule has 0 radical (unpaired) electrons. The van der Waals surface area contributed by atoms with Crippen molar-refractivity contribution in [2.24, 2.45) is 11.7 Å². The molecule has 1 heterocycles. The predicted octanol–water partition coefficient (Wildman–Crippen LogP) is 1.64. The molecular weight excluding hydrogens is 323 g/mol. The van der Waals surface area contributed by atoms with Gasteiger partial charge in [-0.05, 0) is 37.1 Å². The molecule has 0 saturated carbocycles. The molecule has 1 fully saturated rings. The van der Waals surface area contributed by atoms with Crippen LogP contribution in [-0.2, 0) is 9.53 Å². The number of nitrogens with two attached hydrogens (primary N) is 1. The first-order chi connectivity index (χ1) is 10.5. The molecule has 1 saturated heterocycles. The van der Waals surface area contributed by atoms with Gasteiger partial charge in [-0.1, -0.05) is 0 Å². The first-order valence-corrected chi connectivity index (χ1v) is 7.36. The van der Waals surface area contributed by atoms with Gasteiger partial charge in [0.25, 0.3) is 0 Å². The van der Waals surface area contributed by atoms with Crippen molar-refractivity contribution in [3.8, 4) is 0 Å². The Hall–Kier alpha value is -1.50. The zero-order chi connectivity index (χ0) is 16.1. The monoisotopic (exact) mass is 344 g/mol. The van der Waals surface area contributed by atoms with E-state index in [-0.39, 0.29) is 42.4 Å². The number of Topliss-reactive ketones (excluding diaryl/α,β-unsaturated/α-hetero) is 1. The van der Waals surface area contributed by atoms with Gasteiger partial charge in [0.05, 0.1) is 6.61 Å². The summed E-state index contributed by atoms with van der Waals surface area (Å²) in [6, 6.07) is 4.80. The molecular formula is C16H22ClFN2O3. The molecule has 0 bridgehead atoms. The maximum atomic E-state index is 12.9. The van der Waals surface area contributed by atoms with Crippen LogP contribution in [0.5, 0.6) is 0 Å². The summed E-state index contributed by atoms with van der Waals surface area (Å²) in [7, 11) is 1.49. The second-order valence-electron chi connectivity index (χ2n) is 5.56. The Morgan fingerprint density at radius 2 is 2.04 bits per heavy atom. The van der Waals surface area contributed by atoms with Gasteiger partial charge < -0.3 is 15.4 Å². The molecule has 0 aromatic heterocycles. The molecule has 128 valence electrons. The maximum absolute atomic E-state index is 12.9. The van der Waals surface area contributed by atoms with Crippen LogP contribution in [0.3, 0.4) is 0 Å². The molecule has 7 heteroatoms. The van der Waals surface area contributed by atoms with E-state index in [1.807, 2.05) is 0 Å². The molecule has 1 aliphatic heterocycles. The minimum absolute atomic E-state index is 0. The molecule has 0 aliphatic carbocycles. The van der Waals surface area contributed by atoms with E-state index in [1.165, 1.54) is 31.4 Å². The fourth-order valence-corrected chi connectivity index (χ4v) is 2.73. The number of rotatable bonds is 5. The molecule has 23 heavy (non-hydrogen) atoms. The Bertz CT molecular complexity index is 539. The Morgan fingerprint density at radius 1 is 1.39 bits per heavy atom. The molecule has 1 aromatic rings. The number of carbonyl (C=O) groups excluding carboxylic acids is 2. The number of hydrogen-bond acceptors (Lipinski definition) is 4. The summed E-state index contributed by atoms with van der Waals surface area (Å²) in [5, 5.41) is 0. The number of ketones is 1. The highest BCUT2D eigenvalue weighted by atomic mass is 35.5. The van der Waals surface area contributed by atoms with Gasteiger partial charge in [0.1, 0.15) is 11.9 Å². The van der Waals surface area contributed by atoms with Gasteiger partial charge in [-0.3, -0.25) is 9.59 Å². The van der Waals surface area contributed by atoms with Crippen molar-refractivity contribution < 1.29 is 18.7 Å². The predicted molar refractivity (Wildman–Crippen MR) is 87.1 cm³/mol. The summed E-state index contributed by atoms with van der Waals surface area (Å²) < 4.78 is 17.8. The lowest BCUT2D eigenvalue weighted by atomic mass is 9.89. The molecule has 0 spiro atoms. The minimum Gasteiger partial charge on any atom is -0.383 e. The number of halogens is 2. The molecule has 1 aliphatic rings. The van der Waals surface area contributed by atoms with Crippen LogP contribution in [0, 0.1) is 11.7 Å². The van der Waals surface area contributed by atoms with Gasteiger partial charge in [0.15, 0.2) is 5.78 Å². The third-order valence-electron chi connectivity index (χ3n) is 3.90. The van der Waals surface area contributed by atoms with Crippen LogP contribution in [0.15, 0.2) is 24.3 Å². The van der Waals surface area contributed by atoms with Gasteiger partial charge in [-0.2, -0.15) is 0 Å². The Morgan fingerprint density at radius 3 is 2.65 bits per heavy atom. The van der Waals surface area contributed by atoms with E-state index < -0.39 is 6.04 Å². The van der Waals surface area contributed by atoms with Crippen LogP contribution in [0.25, 0.3) is 0 Å². The third-order valence-corrected chi connectivity index (χ3v) is 3.90. The van der Waals surface area contributed by atoms with Crippen LogP contribution in [0.2, 0.25) is 0 Å². The van der Waals surface area contributed by atoms with Crippen LogP contribution in [0.4, 0.5) is 4.39 Å². The second kappa shape index (κ2) is 8.96. The number of benzene rings is 1. The summed E-state index contributed by atoms with van der Waals surface area (Å²) in [6.07, 6.45) is 1.47. The lowest BCUT2D eigenvalue weighted by Gasteiger charge is -2.33. The number of likely N-dealkylation sites (tertiary alicyclic amines) is 1. The quantitative estimate of drug-likeness (QED) is 0.824.